The molecule has 0 radical (unpaired) electrons. The number of carbonyl (C=O) groups is 2. The average molecular weight is 538 g/mol. The molecule has 5 nitrogen and oxygen atoms in total. The van der Waals surface area contributed by atoms with E-state index in [1.165, 1.54) is 0 Å². The first kappa shape index (κ1) is 28.4. The third-order valence-electron chi connectivity index (χ3n) is 7.75. The van der Waals surface area contributed by atoms with Gasteiger partial charge in [-0.1, -0.05) is 72.8 Å². The highest BCUT2D eigenvalue weighted by molar-refractivity contribution is 5.92. The maximum Gasteiger partial charge on any atom is 0.395 e. The van der Waals surface area contributed by atoms with Crippen LogP contribution in [0, 0.1) is 5.41 Å². The number of rotatable bonds is 12. The molecule has 0 aliphatic heterocycles. The molecule has 0 heterocycles. The standard InChI is InChI=1S/C31H34F3N3O2/c1-37(21-23-8-4-2-5-9-23)26(18-22-12-14-25(15-13-22)29(35)39)20-36-28(38)19-27(24-10-6-3-7-11-24)30(16-17-30)31(32,33)34/h2-15,26-27H,16-21H2,1H3,(H2,35,39)(H,36,38)/t26-,27+/m0/s1. The Hall–Kier alpha value is -3.65. The summed E-state index contributed by atoms with van der Waals surface area (Å²) in [6, 6.07) is 25.3. The molecule has 39 heavy (non-hydrogen) atoms. The Bertz CT molecular complexity index is 1240. The first-order chi connectivity index (χ1) is 18.6. The quantitative estimate of drug-likeness (QED) is 0.322. The van der Waals surface area contributed by atoms with Crippen LogP contribution < -0.4 is 11.1 Å². The lowest BCUT2D eigenvalue weighted by molar-refractivity contribution is -0.194. The smallest absolute Gasteiger partial charge is 0.366 e. The predicted molar refractivity (Wildman–Crippen MR) is 145 cm³/mol. The summed E-state index contributed by atoms with van der Waals surface area (Å²) < 4.78 is 42.2. The zero-order valence-electron chi connectivity index (χ0n) is 22.0. The number of nitrogens with one attached hydrogen (secondary N) is 1. The van der Waals surface area contributed by atoms with E-state index in [1.54, 1.807) is 42.5 Å². The van der Waals surface area contributed by atoms with Gasteiger partial charge in [0, 0.05) is 37.0 Å². The van der Waals surface area contributed by atoms with Crippen molar-refractivity contribution in [2.45, 2.75) is 50.4 Å². The van der Waals surface area contributed by atoms with E-state index in [2.05, 4.69) is 10.2 Å². The minimum Gasteiger partial charge on any atom is -0.366 e. The lowest BCUT2D eigenvalue weighted by Gasteiger charge is -2.31. The number of carbonyl (C=O) groups excluding carboxylic acids is 2. The van der Waals surface area contributed by atoms with Crippen LogP contribution >= 0.6 is 0 Å². The van der Waals surface area contributed by atoms with Crippen molar-refractivity contribution in [3.63, 3.8) is 0 Å². The summed E-state index contributed by atoms with van der Waals surface area (Å²) in [5.41, 5.74) is 6.51. The molecule has 0 bridgehead atoms. The van der Waals surface area contributed by atoms with Crippen LogP contribution in [0.1, 0.15) is 52.2 Å². The van der Waals surface area contributed by atoms with Crippen molar-refractivity contribution in [3.05, 3.63) is 107 Å². The zero-order valence-corrected chi connectivity index (χ0v) is 22.0. The molecule has 1 aliphatic carbocycles. The summed E-state index contributed by atoms with van der Waals surface area (Å²) in [5.74, 6) is -1.84. The fourth-order valence-corrected chi connectivity index (χ4v) is 5.23. The Morgan fingerprint density at radius 2 is 1.51 bits per heavy atom. The van der Waals surface area contributed by atoms with Crippen molar-refractivity contribution in [3.8, 4) is 0 Å². The summed E-state index contributed by atoms with van der Waals surface area (Å²) in [6.07, 6.45) is -3.97. The summed E-state index contributed by atoms with van der Waals surface area (Å²) in [6.45, 7) is 0.894. The van der Waals surface area contributed by atoms with Gasteiger partial charge in [-0.3, -0.25) is 14.5 Å². The Labute approximate surface area is 227 Å². The van der Waals surface area contributed by atoms with Crippen LogP contribution in [-0.2, 0) is 17.8 Å². The van der Waals surface area contributed by atoms with Crippen molar-refractivity contribution in [1.82, 2.24) is 10.2 Å². The van der Waals surface area contributed by atoms with Gasteiger partial charge in [-0.25, -0.2) is 0 Å². The number of hydrogen-bond acceptors (Lipinski definition) is 3. The molecule has 4 rings (SSSR count). The lowest BCUT2D eigenvalue weighted by Crippen LogP contribution is -2.44. The Morgan fingerprint density at radius 3 is 2.05 bits per heavy atom. The Kier molecular flexibility index (Phi) is 8.75. The second-order valence-electron chi connectivity index (χ2n) is 10.4. The molecule has 0 saturated heterocycles. The fraction of sp³-hybridized carbons (Fsp3) is 0.355. The molecule has 0 unspecified atom stereocenters. The van der Waals surface area contributed by atoms with Gasteiger partial charge in [0.2, 0.25) is 11.8 Å². The number of amides is 2. The van der Waals surface area contributed by atoms with Gasteiger partial charge in [0.15, 0.2) is 0 Å². The lowest BCUT2D eigenvalue weighted by atomic mass is 9.80. The van der Waals surface area contributed by atoms with Crippen LogP contribution in [0.25, 0.3) is 0 Å². The van der Waals surface area contributed by atoms with E-state index in [0.29, 0.717) is 24.1 Å². The average Bonchev–Trinajstić information content (AvgIpc) is 3.73. The number of benzene rings is 3. The van der Waals surface area contributed by atoms with Gasteiger partial charge < -0.3 is 11.1 Å². The van der Waals surface area contributed by atoms with E-state index in [9.17, 15) is 22.8 Å². The normalized spacial score (nSPS) is 15.9. The summed E-state index contributed by atoms with van der Waals surface area (Å²) in [5, 5.41) is 2.93. The minimum atomic E-state index is -4.37. The van der Waals surface area contributed by atoms with E-state index in [-0.39, 0.29) is 31.8 Å². The minimum absolute atomic E-state index is 0.0348. The van der Waals surface area contributed by atoms with Gasteiger partial charge in [-0.15, -0.1) is 0 Å². The highest BCUT2D eigenvalue weighted by atomic mass is 19.4. The number of likely N-dealkylation sites (N-methyl/N-ethyl adjacent to an activating group) is 1. The van der Waals surface area contributed by atoms with Gasteiger partial charge in [0.05, 0.1) is 5.41 Å². The molecular weight excluding hydrogens is 503 g/mol. The van der Waals surface area contributed by atoms with Crippen LogP contribution in [0.15, 0.2) is 84.9 Å². The fourth-order valence-electron chi connectivity index (χ4n) is 5.23. The number of nitrogens with two attached hydrogens (primary N) is 1. The van der Waals surface area contributed by atoms with Crippen LogP contribution in [0.3, 0.4) is 0 Å². The second-order valence-corrected chi connectivity index (χ2v) is 10.4. The van der Waals surface area contributed by atoms with Crippen molar-refractivity contribution in [1.29, 1.82) is 0 Å². The molecule has 3 aromatic carbocycles. The number of primary amides is 1. The van der Waals surface area contributed by atoms with E-state index in [0.717, 1.165) is 11.1 Å². The van der Waals surface area contributed by atoms with E-state index in [1.807, 2.05) is 49.5 Å². The molecule has 1 saturated carbocycles. The monoisotopic (exact) mass is 537 g/mol. The van der Waals surface area contributed by atoms with Crippen LogP contribution in [-0.4, -0.2) is 42.5 Å². The Morgan fingerprint density at radius 1 is 0.923 bits per heavy atom. The third-order valence-corrected chi connectivity index (χ3v) is 7.75. The highest BCUT2D eigenvalue weighted by Crippen LogP contribution is 2.66. The maximum atomic E-state index is 14.1. The van der Waals surface area contributed by atoms with Crippen molar-refractivity contribution in [2.24, 2.45) is 11.1 Å². The zero-order chi connectivity index (χ0) is 28.0. The van der Waals surface area contributed by atoms with Crippen LogP contribution in [0.4, 0.5) is 13.2 Å². The molecule has 0 aromatic heterocycles. The summed E-state index contributed by atoms with van der Waals surface area (Å²) in [4.78, 5) is 26.7. The molecule has 1 aliphatic rings. The molecule has 1 fully saturated rings. The van der Waals surface area contributed by atoms with E-state index < -0.39 is 29.3 Å². The van der Waals surface area contributed by atoms with Gasteiger partial charge in [-0.2, -0.15) is 13.2 Å². The number of halogens is 3. The van der Waals surface area contributed by atoms with Gasteiger partial charge in [0.25, 0.3) is 0 Å². The Balaban J connectivity index is 1.48. The summed E-state index contributed by atoms with van der Waals surface area (Å²) in [7, 11) is 1.96. The van der Waals surface area contributed by atoms with E-state index in [4.69, 9.17) is 5.73 Å². The topological polar surface area (TPSA) is 75.4 Å². The first-order valence-electron chi connectivity index (χ1n) is 13.1. The largest absolute Gasteiger partial charge is 0.395 e. The molecule has 8 heteroatoms. The van der Waals surface area contributed by atoms with Crippen LogP contribution in [0.2, 0.25) is 0 Å². The molecule has 2 atom stereocenters. The van der Waals surface area contributed by atoms with Gasteiger partial charge in [-0.05, 0) is 55.1 Å². The van der Waals surface area contributed by atoms with Crippen molar-refractivity contribution >= 4 is 11.8 Å². The van der Waals surface area contributed by atoms with Gasteiger partial charge >= 0.3 is 6.18 Å². The second kappa shape index (κ2) is 12.0. The van der Waals surface area contributed by atoms with Gasteiger partial charge in [0.1, 0.15) is 0 Å². The SMILES string of the molecule is CN(Cc1ccccc1)[C@H](CNC(=O)C[C@H](c1ccccc1)C1(C(F)(F)F)CC1)Cc1ccc(C(N)=O)cc1. The van der Waals surface area contributed by atoms with Crippen molar-refractivity contribution in [2.75, 3.05) is 13.6 Å². The molecule has 0 spiro atoms. The molecule has 3 N–H and O–H groups in total. The molecule has 2 amide bonds. The summed E-state index contributed by atoms with van der Waals surface area (Å²) >= 11 is 0. The highest BCUT2D eigenvalue weighted by Gasteiger charge is 2.67. The van der Waals surface area contributed by atoms with Crippen molar-refractivity contribution < 1.29 is 22.8 Å². The number of alkyl halides is 3. The van der Waals surface area contributed by atoms with Crippen LogP contribution in [0.5, 0.6) is 0 Å². The third kappa shape index (κ3) is 7.06. The molecule has 3 aromatic rings. The molecule has 206 valence electrons. The number of hydrogen-bond donors (Lipinski definition) is 2. The molecular formula is C31H34F3N3O2. The number of nitrogens with zero attached hydrogens (tertiary/aromatic N) is 1. The predicted octanol–water partition coefficient (Wildman–Crippen LogP) is 5.46. The maximum absolute atomic E-state index is 14.1. The van der Waals surface area contributed by atoms with E-state index >= 15 is 0 Å². The first-order valence-corrected chi connectivity index (χ1v) is 13.1.